The molecule has 5 nitrogen and oxygen atoms in total. The van der Waals surface area contributed by atoms with Crippen LogP contribution in [0.5, 0.6) is 0 Å². The van der Waals surface area contributed by atoms with Gasteiger partial charge in [0.05, 0.1) is 11.3 Å². The third kappa shape index (κ3) is 5.58. The highest BCUT2D eigenvalue weighted by atomic mass is 19.4. The third-order valence-corrected chi connectivity index (χ3v) is 6.74. The average molecular weight is 496 g/mol. The maximum absolute atomic E-state index is 13.7. The number of rotatable bonds is 6. The normalized spacial score (nSPS) is 16.3. The van der Waals surface area contributed by atoms with Crippen molar-refractivity contribution in [3.8, 4) is 0 Å². The zero-order chi connectivity index (χ0) is 25.8. The van der Waals surface area contributed by atoms with E-state index in [0.717, 1.165) is 17.7 Å². The van der Waals surface area contributed by atoms with Gasteiger partial charge in [0.1, 0.15) is 5.54 Å². The van der Waals surface area contributed by atoms with Gasteiger partial charge in [-0.05, 0) is 48.2 Å². The van der Waals surface area contributed by atoms with Crippen molar-refractivity contribution in [2.24, 2.45) is 5.92 Å². The third-order valence-electron chi connectivity index (χ3n) is 6.74. The molecule has 2 aromatic carbocycles. The van der Waals surface area contributed by atoms with E-state index in [1.807, 2.05) is 30.3 Å². The molecule has 0 aliphatic carbocycles. The van der Waals surface area contributed by atoms with Gasteiger partial charge < -0.3 is 10.2 Å². The quantitative estimate of drug-likeness (QED) is 0.526. The minimum Gasteiger partial charge on any atom is -0.343 e. The van der Waals surface area contributed by atoms with Crippen LogP contribution >= 0.6 is 0 Å². The Labute approximate surface area is 208 Å². The van der Waals surface area contributed by atoms with E-state index in [4.69, 9.17) is 0 Å². The second kappa shape index (κ2) is 10.5. The number of halogens is 3. The Bertz CT molecular complexity index is 1190. The van der Waals surface area contributed by atoms with Gasteiger partial charge in [-0.3, -0.25) is 14.6 Å². The number of pyridine rings is 1. The first-order chi connectivity index (χ1) is 17.2. The van der Waals surface area contributed by atoms with E-state index in [0.29, 0.717) is 37.2 Å². The highest BCUT2D eigenvalue weighted by Gasteiger charge is 2.41. The lowest BCUT2D eigenvalue weighted by atomic mass is 9.79. The zero-order valence-corrected chi connectivity index (χ0v) is 20.0. The molecule has 1 aromatic heterocycles. The lowest BCUT2D eigenvalue weighted by Gasteiger charge is -2.38. The number of carbonyl (C=O) groups is 2. The number of hydrogen-bond donors (Lipinski definition) is 1. The molecule has 0 bridgehead atoms. The van der Waals surface area contributed by atoms with E-state index >= 15 is 0 Å². The maximum Gasteiger partial charge on any atom is 0.416 e. The van der Waals surface area contributed by atoms with Crippen LogP contribution in [0.25, 0.3) is 0 Å². The number of nitrogens with zero attached hydrogens (tertiary/aromatic N) is 2. The van der Waals surface area contributed by atoms with Gasteiger partial charge in [-0.25, -0.2) is 0 Å². The zero-order valence-electron chi connectivity index (χ0n) is 20.0. The van der Waals surface area contributed by atoms with Gasteiger partial charge in [-0.2, -0.15) is 13.2 Å². The summed E-state index contributed by atoms with van der Waals surface area (Å²) in [4.78, 5) is 31.6. The van der Waals surface area contributed by atoms with Crippen LogP contribution in [-0.4, -0.2) is 34.8 Å². The second-order valence-corrected chi connectivity index (χ2v) is 9.13. The second-order valence-electron chi connectivity index (χ2n) is 9.13. The molecular weight excluding hydrogens is 467 g/mol. The molecule has 36 heavy (non-hydrogen) atoms. The molecule has 3 aromatic rings. The molecule has 1 N–H and O–H groups in total. The highest BCUT2D eigenvalue weighted by molar-refractivity contribution is 5.81. The summed E-state index contributed by atoms with van der Waals surface area (Å²) in [6, 6.07) is 19.6. The first kappa shape index (κ1) is 25.4. The number of nitrogens with one attached hydrogen (secondary N) is 1. The van der Waals surface area contributed by atoms with Crippen molar-refractivity contribution >= 4 is 11.8 Å². The van der Waals surface area contributed by atoms with Crippen LogP contribution in [-0.2, 0) is 27.7 Å². The van der Waals surface area contributed by atoms with Crippen LogP contribution in [0.4, 0.5) is 13.2 Å². The summed E-state index contributed by atoms with van der Waals surface area (Å²) in [5, 5.41) is 3.13. The minimum absolute atomic E-state index is 0.0373. The van der Waals surface area contributed by atoms with Gasteiger partial charge in [0.2, 0.25) is 11.8 Å². The topological polar surface area (TPSA) is 62.3 Å². The Morgan fingerprint density at radius 2 is 1.61 bits per heavy atom. The summed E-state index contributed by atoms with van der Waals surface area (Å²) in [6.07, 6.45) is -1.79. The van der Waals surface area contributed by atoms with Crippen molar-refractivity contribution in [3.05, 3.63) is 101 Å². The molecule has 0 radical (unpaired) electrons. The number of hydrogen-bond acceptors (Lipinski definition) is 3. The molecule has 1 unspecified atom stereocenters. The molecule has 1 aliphatic rings. The van der Waals surface area contributed by atoms with Gasteiger partial charge in [0, 0.05) is 38.5 Å². The molecule has 188 valence electrons. The number of likely N-dealkylation sites (tertiary alicyclic amines) is 1. The Morgan fingerprint density at radius 3 is 2.22 bits per heavy atom. The number of aromatic nitrogens is 1. The van der Waals surface area contributed by atoms with Crippen molar-refractivity contribution in [1.29, 1.82) is 0 Å². The monoisotopic (exact) mass is 495 g/mol. The summed E-state index contributed by atoms with van der Waals surface area (Å²) in [5.41, 5.74) is -0.541. The summed E-state index contributed by atoms with van der Waals surface area (Å²) in [7, 11) is 0. The number of benzene rings is 2. The van der Waals surface area contributed by atoms with E-state index in [9.17, 15) is 22.8 Å². The number of amides is 2. The minimum atomic E-state index is -4.54. The molecule has 0 spiro atoms. The van der Waals surface area contributed by atoms with Gasteiger partial charge in [-0.1, -0.05) is 48.5 Å². The van der Waals surface area contributed by atoms with Crippen LogP contribution in [0.15, 0.2) is 79.0 Å². The Balaban J connectivity index is 1.80. The molecule has 0 saturated carbocycles. The maximum atomic E-state index is 13.7. The molecule has 2 amide bonds. The number of piperidine rings is 1. The Hall–Kier alpha value is -3.68. The largest absolute Gasteiger partial charge is 0.416 e. The highest BCUT2D eigenvalue weighted by Crippen LogP contribution is 2.37. The van der Waals surface area contributed by atoms with Crippen LogP contribution in [0.2, 0.25) is 0 Å². The van der Waals surface area contributed by atoms with Crippen LogP contribution in [0.3, 0.4) is 0 Å². The summed E-state index contributed by atoms with van der Waals surface area (Å²) in [5.74, 6) is -0.674. The number of carbonyl (C=O) groups excluding carboxylic acids is 2. The lowest BCUT2D eigenvalue weighted by Crippen LogP contribution is -2.52. The van der Waals surface area contributed by atoms with Crippen molar-refractivity contribution < 1.29 is 22.8 Å². The fourth-order valence-electron chi connectivity index (χ4n) is 4.77. The van der Waals surface area contributed by atoms with E-state index in [1.165, 1.54) is 13.0 Å². The van der Waals surface area contributed by atoms with Gasteiger partial charge in [0.15, 0.2) is 0 Å². The van der Waals surface area contributed by atoms with E-state index in [-0.39, 0.29) is 24.2 Å². The summed E-state index contributed by atoms with van der Waals surface area (Å²) < 4.78 is 41.1. The van der Waals surface area contributed by atoms with E-state index in [1.54, 1.807) is 35.4 Å². The Morgan fingerprint density at radius 1 is 0.944 bits per heavy atom. The average Bonchev–Trinajstić information content (AvgIpc) is 2.89. The van der Waals surface area contributed by atoms with Crippen molar-refractivity contribution in [3.63, 3.8) is 0 Å². The molecular formula is C28H28F3N3O2. The Kier molecular flexibility index (Phi) is 7.43. The van der Waals surface area contributed by atoms with E-state index < -0.39 is 17.3 Å². The molecule has 8 heteroatoms. The smallest absolute Gasteiger partial charge is 0.343 e. The SMILES string of the molecule is CC(=O)N1CCC(C(=O)NC(Cc2ccccc2)(c2cccc(C(F)(F)F)c2)c2ccccn2)CC1. The lowest BCUT2D eigenvalue weighted by molar-refractivity contribution is -0.137. The molecule has 4 rings (SSSR count). The summed E-state index contributed by atoms with van der Waals surface area (Å²) in [6.45, 7) is 2.43. The first-order valence-electron chi connectivity index (χ1n) is 11.9. The fourth-order valence-corrected chi connectivity index (χ4v) is 4.77. The van der Waals surface area contributed by atoms with Crippen LogP contribution < -0.4 is 5.32 Å². The van der Waals surface area contributed by atoms with Crippen molar-refractivity contribution in [1.82, 2.24) is 15.2 Å². The predicted octanol–water partition coefficient (Wildman–Crippen LogP) is 4.96. The predicted molar refractivity (Wildman–Crippen MR) is 130 cm³/mol. The molecule has 1 fully saturated rings. The van der Waals surface area contributed by atoms with Gasteiger partial charge >= 0.3 is 6.18 Å². The fraction of sp³-hybridized carbons (Fsp3) is 0.321. The summed E-state index contributed by atoms with van der Waals surface area (Å²) >= 11 is 0. The van der Waals surface area contributed by atoms with Gasteiger partial charge in [0.25, 0.3) is 0 Å². The van der Waals surface area contributed by atoms with E-state index in [2.05, 4.69) is 10.3 Å². The number of alkyl halides is 3. The van der Waals surface area contributed by atoms with Crippen LogP contribution in [0, 0.1) is 5.92 Å². The van der Waals surface area contributed by atoms with Crippen LogP contribution in [0.1, 0.15) is 42.1 Å². The first-order valence-corrected chi connectivity index (χ1v) is 11.9. The molecule has 2 heterocycles. The van der Waals surface area contributed by atoms with Crippen molar-refractivity contribution in [2.75, 3.05) is 13.1 Å². The van der Waals surface area contributed by atoms with Gasteiger partial charge in [-0.15, -0.1) is 0 Å². The standard InChI is InChI=1S/C28H28F3N3O2/c1-20(35)34-16-13-22(14-17-34)26(36)33-27(25-12-5-6-15-32-25,19-21-8-3-2-4-9-21)23-10-7-11-24(18-23)28(29,30)31/h2-12,15,18,22H,13-14,16-17,19H2,1H3,(H,33,36). The molecule has 1 saturated heterocycles. The molecule has 1 aliphatic heterocycles. The molecule has 1 atom stereocenters. The van der Waals surface area contributed by atoms with Crippen molar-refractivity contribution in [2.45, 2.75) is 37.9 Å².